The molecule has 0 saturated carbocycles. The predicted molar refractivity (Wildman–Crippen MR) is 116 cm³/mol. The molecular formula is C21H14Cl2N4O4. The van der Waals surface area contributed by atoms with E-state index in [1.165, 1.54) is 24.3 Å². The van der Waals surface area contributed by atoms with Crippen LogP contribution in [0.1, 0.15) is 32.4 Å². The standard InChI is InChI=1S/C21H14Cl2N4O4/c22-14-8-5-12(6-9-14)20(28)25-26-19(13-7-10-16(23)18(11-13)27(30)31)24-17-4-2-1-3-15(17)21(26)29/h1-11,19,24H,(H,25,28)/t19-/m1/s1. The molecule has 1 heterocycles. The number of nitro groups is 1. The van der Waals surface area contributed by atoms with Crippen LogP contribution in [0.25, 0.3) is 0 Å². The minimum absolute atomic E-state index is 0.0342. The second-order valence-electron chi connectivity index (χ2n) is 6.68. The highest BCUT2D eigenvalue weighted by Gasteiger charge is 2.35. The van der Waals surface area contributed by atoms with Crippen LogP contribution in [0.15, 0.2) is 66.7 Å². The van der Waals surface area contributed by atoms with Gasteiger partial charge in [0.05, 0.1) is 10.5 Å². The molecule has 2 N–H and O–H groups in total. The van der Waals surface area contributed by atoms with Crippen molar-refractivity contribution in [3.63, 3.8) is 0 Å². The summed E-state index contributed by atoms with van der Waals surface area (Å²) in [7, 11) is 0. The average molecular weight is 457 g/mol. The van der Waals surface area contributed by atoms with Gasteiger partial charge < -0.3 is 5.32 Å². The third-order valence-electron chi connectivity index (χ3n) is 4.74. The molecule has 0 spiro atoms. The lowest BCUT2D eigenvalue weighted by Crippen LogP contribution is -2.52. The van der Waals surface area contributed by atoms with Crippen LogP contribution in [0.5, 0.6) is 0 Å². The molecule has 3 aromatic rings. The van der Waals surface area contributed by atoms with E-state index in [2.05, 4.69) is 10.7 Å². The van der Waals surface area contributed by atoms with Gasteiger partial charge in [0.15, 0.2) is 0 Å². The lowest BCUT2D eigenvalue weighted by atomic mass is 10.0. The van der Waals surface area contributed by atoms with Crippen LogP contribution in [0.4, 0.5) is 11.4 Å². The Hall–Kier alpha value is -3.62. The van der Waals surface area contributed by atoms with E-state index in [9.17, 15) is 19.7 Å². The number of carbonyl (C=O) groups is 2. The van der Waals surface area contributed by atoms with Crippen LogP contribution < -0.4 is 10.7 Å². The molecule has 4 rings (SSSR count). The number of nitrogens with zero attached hydrogens (tertiary/aromatic N) is 2. The molecule has 0 aliphatic carbocycles. The first-order valence-electron chi connectivity index (χ1n) is 9.04. The second kappa shape index (κ2) is 8.25. The number of anilines is 1. The first-order valence-corrected chi connectivity index (χ1v) is 9.80. The van der Waals surface area contributed by atoms with Crippen molar-refractivity contribution in [2.75, 3.05) is 5.32 Å². The number of hydrogen-bond acceptors (Lipinski definition) is 5. The number of nitro benzene ring substituents is 1. The summed E-state index contributed by atoms with van der Waals surface area (Å²) in [5, 5.41) is 16.0. The molecule has 2 amide bonds. The molecule has 156 valence electrons. The van der Waals surface area contributed by atoms with Gasteiger partial charge in [0.2, 0.25) is 0 Å². The van der Waals surface area contributed by atoms with E-state index in [4.69, 9.17) is 23.2 Å². The van der Waals surface area contributed by atoms with Crippen LogP contribution in [0, 0.1) is 10.1 Å². The third kappa shape index (κ3) is 4.03. The Kier molecular flexibility index (Phi) is 5.50. The maximum absolute atomic E-state index is 13.2. The highest BCUT2D eigenvalue weighted by atomic mass is 35.5. The smallest absolute Gasteiger partial charge is 0.288 e. The molecule has 8 nitrogen and oxygen atoms in total. The number of fused-ring (bicyclic) bond motifs is 1. The van der Waals surface area contributed by atoms with Crippen LogP contribution in [-0.4, -0.2) is 21.7 Å². The summed E-state index contributed by atoms with van der Waals surface area (Å²) in [6, 6.07) is 17.1. The maximum Gasteiger partial charge on any atom is 0.288 e. The molecule has 0 aromatic heterocycles. The molecule has 1 atom stereocenters. The van der Waals surface area contributed by atoms with Gasteiger partial charge in [-0.15, -0.1) is 0 Å². The van der Waals surface area contributed by atoms with Gasteiger partial charge in [-0.25, -0.2) is 5.01 Å². The van der Waals surface area contributed by atoms with Gasteiger partial charge in [0.1, 0.15) is 11.2 Å². The van der Waals surface area contributed by atoms with Crippen LogP contribution in [0.2, 0.25) is 10.0 Å². The van der Waals surface area contributed by atoms with Gasteiger partial charge in [-0.3, -0.25) is 25.1 Å². The third-order valence-corrected chi connectivity index (χ3v) is 5.31. The highest BCUT2D eigenvalue weighted by molar-refractivity contribution is 6.32. The number of benzene rings is 3. The lowest BCUT2D eigenvalue weighted by Gasteiger charge is -2.37. The molecule has 1 aliphatic rings. The van der Waals surface area contributed by atoms with Crippen molar-refractivity contribution in [3.8, 4) is 0 Å². The normalized spacial score (nSPS) is 15.1. The number of carbonyl (C=O) groups excluding carboxylic acids is 2. The number of hydrogen-bond donors (Lipinski definition) is 2. The van der Waals surface area contributed by atoms with Crippen molar-refractivity contribution in [3.05, 3.63) is 104 Å². The van der Waals surface area contributed by atoms with Gasteiger partial charge in [0.25, 0.3) is 17.5 Å². The minimum atomic E-state index is -0.908. The summed E-state index contributed by atoms with van der Waals surface area (Å²) in [4.78, 5) is 36.7. The molecule has 0 unspecified atom stereocenters. The summed E-state index contributed by atoms with van der Waals surface area (Å²) >= 11 is 11.8. The first kappa shape index (κ1) is 20.6. The topological polar surface area (TPSA) is 105 Å². The fourth-order valence-corrected chi connectivity index (χ4v) is 3.53. The number of rotatable bonds is 4. The van der Waals surface area contributed by atoms with E-state index in [0.717, 1.165) is 5.01 Å². The lowest BCUT2D eigenvalue weighted by molar-refractivity contribution is -0.384. The zero-order valence-corrected chi connectivity index (χ0v) is 17.2. The molecular weight excluding hydrogens is 443 g/mol. The quantitative estimate of drug-likeness (QED) is 0.432. The largest absolute Gasteiger partial charge is 0.359 e. The fraction of sp³-hybridized carbons (Fsp3) is 0.0476. The molecule has 3 aromatic carbocycles. The molecule has 10 heteroatoms. The molecule has 0 radical (unpaired) electrons. The van der Waals surface area contributed by atoms with Crippen molar-refractivity contribution < 1.29 is 14.5 Å². The Morgan fingerprint density at radius 2 is 1.77 bits per heavy atom. The van der Waals surface area contributed by atoms with Crippen LogP contribution >= 0.6 is 23.2 Å². The van der Waals surface area contributed by atoms with E-state index in [-0.39, 0.29) is 16.3 Å². The van der Waals surface area contributed by atoms with Crippen molar-refractivity contribution in [1.82, 2.24) is 10.4 Å². The van der Waals surface area contributed by atoms with Crippen molar-refractivity contribution in [2.24, 2.45) is 0 Å². The monoisotopic (exact) mass is 456 g/mol. The van der Waals surface area contributed by atoms with Gasteiger partial charge >= 0.3 is 0 Å². The Labute approximate surface area is 186 Å². The molecule has 0 saturated heterocycles. The first-order chi connectivity index (χ1) is 14.8. The van der Waals surface area contributed by atoms with Gasteiger partial charge in [-0.1, -0.05) is 41.4 Å². The second-order valence-corrected chi connectivity index (χ2v) is 7.53. The van der Waals surface area contributed by atoms with Gasteiger partial charge in [-0.05, 0) is 42.5 Å². The Morgan fingerprint density at radius 3 is 2.48 bits per heavy atom. The molecule has 0 bridgehead atoms. The summed E-state index contributed by atoms with van der Waals surface area (Å²) < 4.78 is 0. The van der Waals surface area contributed by atoms with Gasteiger partial charge in [-0.2, -0.15) is 0 Å². The number of nitrogens with one attached hydrogen (secondary N) is 2. The molecule has 0 fully saturated rings. The maximum atomic E-state index is 13.2. The SMILES string of the molecule is O=C(NN1C(=O)c2ccccc2N[C@H]1c1ccc(Cl)c([N+](=O)[O-])c1)c1ccc(Cl)cc1. The zero-order valence-electron chi connectivity index (χ0n) is 15.7. The summed E-state index contributed by atoms with van der Waals surface area (Å²) in [5.74, 6) is -1.01. The summed E-state index contributed by atoms with van der Waals surface area (Å²) in [6.45, 7) is 0. The fourth-order valence-electron chi connectivity index (χ4n) is 3.22. The molecule has 1 aliphatic heterocycles. The Bertz CT molecular complexity index is 1200. The highest BCUT2D eigenvalue weighted by Crippen LogP contribution is 2.35. The van der Waals surface area contributed by atoms with Crippen molar-refractivity contribution in [1.29, 1.82) is 0 Å². The van der Waals surface area contributed by atoms with E-state index in [0.29, 0.717) is 21.8 Å². The van der Waals surface area contributed by atoms with Crippen LogP contribution in [0.3, 0.4) is 0 Å². The van der Waals surface area contributed by atoms with Crippen LogP contribution in [-0.2, 0) is 0 Å². The Balaban J connectivity index is 1.75. The number of hydrazine groups is 1. The van der Waals surface area contributed by atoms with Gasteiger partial charge in [0, 0.05) is 27.9 Å². The molecule has 31 heavy (non-hydrogen) atoms. The summed E-state index contributed by atoms with van der Waals surface area (Å²) in [5.41, 5.74) is 3.82. The van der Waals surface area contributed by atoms with E-state index in [1.807, 2.05) is 0 Å². The predicted octanol–water partition coefficient (Wildman–Crippen LogP) is 4.81. The van der Waals surface area contributed by atoms with Crippen molar-refractivity contribution >= 4 is 46.4 Å². The number of halogens is 2. The van der Waals surface area contributed by atoms with E-state index >= 15 is 0 Å². The minimum Gasteiger partial charge on any atom is -0.359 e. The Morgan fingerprint density at radius 1 is 1.06 bits per heavy atom. The number of amides is 2. The van der Waals surface area contributed by atoms with Crippen molar-refractivity contribution in [2.45, 2.75) is 6.17 Å². The average Bonchev–Trinajstić information content (AvgIpc) is 2.76. The zero-order chi connectivity index (χ0) is 22.1. The van der Waals surface area contributed by atoms with E-state index in [1.54, 1.807) is 42.5 Å². The summed E-state index contributed by atoms with van der Waals surface area (Å²) in [6.07, 6.45) is -0.908. The van der Waals surface area contributed by atoms with E-state index < -0.39 is 22.9 Å². The number of para-hydroxylation sites is 1.